The third kappa shape index (κ3) is 3.37. The van der Waals surface area contributed by atoms with Gasteiger partial charge in [-0.1, -0.05) is 29.8 Å². The Morgan fingerprint density at radius 1 is 1.33 bits per heavy atom. The van der Waals surface area contributed by atoms with Gasteiger partial charge in [0.25, 0.3) is 0 Å². The zero-order valence-electron chi connectivity index (χ0n) is 15.1. The van der Waals surface area contributed by atoms with Gasteiger partial charge in [-0.05, 0) is 34.1 Å². The first kappa shape index (κ1) is 16.7. The molecule has 0 aromatic heterocycles. The maximum absolute atomic E-state index is 12.2. The van der Waals surface area contributed by atoms with Gasteiger partial charge in [0, 0.05) is 24.7 Å². The van der Waals surface area contributed by atoms with Crippen molar-refractivity contribution in [2.45, 2.75) is 45.6 Å². The lowest BCUT2D eigenvalue weighted by Crippen LogP contribution is -2.39. The normalized spacial score (nSPS) is 20.3. The Bertz CT molecular complexity index is 698. The molecule has 0 saturated carbocycles. The van der Waals surface area contributed by atoms with E-state index in [9.17, 15) is 4.79 Å². The summed E-state index contributed by atoms with van der Waals surface area (Å²) in [5.41, 5.74) is 3.64. The average molecular weight is 327 g/mol. The molecule has 0 fully saturated rings. The minimum atomic E-state index is -0.444. The van der Waals surface area contributed by atoms with Crippen LogP contribution in [0.5, 0.6) is 0 Å². The number of nitrogens with zero attached hydrogens (tertiary/aromatic N) is 2. The molecule has 1 aromatic rings. The van der Waals surface area contributed by atoms with Gasteiger partial charge in [-0.25, -0.2) is 9.37 Å². The first-order valence-corrected chi connectivity index (χ1v) is 8.76. The monoisotopic (exact) mass is 327 g/mol. The standard InChI is InChI=1S/C20H27N2O2/c1-5-21-14-17(16-8-6-7-9-18(16)21)15-10-12-22(13-11-15)19(23)24-20(2,3)4/h6-10,14,17H,5,11-13H2,1-4H3/q+1. The van der Waals surface area contributed by atoms with Gasteiger partial charge in [0.2, 0.25) is 5.69 Å². The smallest absolute Gasteiger partial charge is 0.410 e. The van der Waals surface area contributed by atoms with E-state index in [0.29, 0.717) is 12.5 Å². The summed E-state index contributed by atoms with van der Waals surface area (Å²) < 4.78 is 7.79. The van der Waals surface area contributed by atoms with Crippen LogP contribution < -0.4 is 0 Å². The first-order chi connectivity index (χ1) is 11.4. The van der Waals surface area contributed by atoms with E-state index >= 15 is 0 Å². The Hall–Kier alpha value is -2.10. The van der Waals surface area contributed by atoms with Crippen molar-refractivity contribution >= 4 is 18.0 Å². The summed E-state index contributed by atoms with van der Waals surface area (Å²) in [6.45, 7) is 10.2. The molecule has 1 unspecified atom stereocenters. The van der Waals surface area contributed by atoms with Crippen molar-refractivity contribution in [3.63, 3.8) is 0 Å². The van der Waals surface area contributed by atoms with Crippen LogP contribution >= 0.6 is 0 Å². The topological polar surface area (TPSA) is 32.5 Å². The fraction of sp³-hybridized carbons (Fsp3) is 0.500. The molecule has 1 aromatic carbocycles. The quantitative estimate of drug-likeness (QED) is 0.605. The minimum absolute atomic E-state index is 0.219. The van der Waals surface area contributed by atoms with Crippen molar-refractivity contribution < 1.29 is 14.1 Å². The van der Waals surface area contributed by atoms with Crippen molar-refractivity contribution in [1.82, 2.24) is 4.90 Å². The summed E-state index contributed by atoms with van der Waals surface area (Å²) in [5, 5.41) is 0. The van der Waals surface area contributed by atoms with Gasteiger partial charge in [0.1, 0.15) is 12.1 Å². The maximum Gasteiger partial charge on any atom is 0.410 e. The number of carbonyl (C=O) groups excluding carboxylic acids is 1. The molecule has 2 aliphatic rings. The third-order valence-corrected chi connectivity index (χ3v) is 4.55. The number of para-hydroxylation sites is 1. The molecule has 0 radical (unpaired) electrons. The molecule has 0 spiro atoms. The number of rotatable bonds is 2. The predicted molar refractivity (Wildman–Crippen MR) is 96.2 cm³/mol. The number of amides is 1. The van der Waals surface area contributed by atoms with Crippen LogP contribution in [-0.4, -0.2) is 47.0 Å². The minimum Gasteiger partial charge on any atom is -0.444 e. The molecular weight excluding hydrogens is 300 g/mol. The van der Waals surface area contributed by atoms with E-state index in [2.05, 4.69) is 48.1 Å². The van der Waals surface area contributed by atoms with E-state index in [1.807, 2.05) is 20.8 Å². The summed E-state index contributed by atoms with van der Waals surface area (Å²) in [6.07, 6.45) is 5.19. The SMILES string of the molecule is CC[N+]1=CC(C2=CCN(C(=O)OC(C)(C)C)CC2)c2ccccc21. The second-order valence-corrected chi connectivity index (χ2v) is 7.43. The molecule has 4 nitrogen and oxygen atoms in total. The van der Waals surface area contributed by atoms with Gasteiger partial charge in [-0.3, -0.25) is 0 Å². The molecule has 0 saturated heterocycles. The molecule has 0 N–H and O–H groups in total. The molecule has 24 heavy (non-hydrogen) atoms. The zero-order chi connectivity index (χ0) is 17.3. The second kappa shape index (κ2) is 6.42. The average Bonchev–Trinajstić information content (AvgIpc) is 2.92. The summed E-state index contributed by atoms with van der Waals surface area (Å²) in [4.78, 5) is 14.0. The highest BCUT2D eigenvalue weighted by Crippen LogP contribution is 2.37. The lowest BCUT2D eigenvalue weighted by molar-refractivity contribution is -0.428. The second-order valence-electron chi connectivity index (χ2n) is 7.43. The van der Waals surface area contributed by atoms with E-state index in [1.165, 1.54) is 16.8 Å². The number of ether oxygens (including phenoxy) is 1. The first-order valence-electron chi connectivity index (χ1n) is 8.76. The Morgan fingerprint density at radius 3 is 2.71 bits per heavy atom. The van der Waals surface area contributed by atoms with Crippen LogP contribution in [0.3, 0.4) is 0 Å². The molecule has 1 atom stereocenters. The number of carbonyl (C=O) groups is 1. The summed E-state index contributed by atoms with van der Waals surface area (Å²) >= 11 is 0. The molecule has 3 rings (SSSR count). The van der Waals surface area contributed by atoms with Gasteiger partial charge in [-0.15, -0.1) is 0 Å². The number of fused-ring (bicyclic) bond motifs is 1. The highest BCUT2D eigenvalue weighted by atomic mass is 16.6. The van der Waals surface area contributed by atoms with Crippen molar-refractivity contribution in [3.05, 3.63) is 41.5 Å². The summed E-state index contributed by atoms with van der Waals surface area (Å²) in [7, 11) is 0. The van der Waals surface area contributed by atoms with E-state index < -0.39 is 5.60 Å². The lowest BCUT2D eigenvalue weighted by Gasteiger charge is -2.30. The van der Waals surface area contributed by atoms with E-state index in [4.69, 9.17) is 4.74 Å². The van der Waals surface area contributed by atoms with Crippen LogP contribution in [0.25, 0.3) is 0 Å². The van der Waals surface area contributed by atoms with Crippen LogP contribution in [0.2, 0.25) is 0 Å². The lowest BCUT2D eigenvalue weighted by atomic mass is 9.89. The Kier molecular flexibility index (Phi) is 4.48. The van der Waals surface area contributed by atoms with E-state index in [1.54, 1.807) is 4.90 Å². The van der Waals surface area contributed by atoms with Crippen molar-refractivity contribution in [1.29, 1.82) is 0 Å². The van der Waals surface area contributed by atoms with Crippen molar-refractivity contribution in [2.75, 3.05) is 19.6 Å². The van der Waals surface area contributed by atoms with Gasteiger partial charge < -0.3 is 9.64 Å². The highest BCUT2D eigenvalue weighted by Gasteiger charge is 2.33. The number of benzene rings is 1. The van der Waals surface area contributed by atoms with E-state index in [-0.39, 0.29) is 6.09 Å². The van der Waals surface area contributed by atoms with Crippen LogP contribution in [0, 0.1) is 0 Å². The molecule has 0 bridgehead atoms. The Morgan fingerprint density at radius 2 is 2.08 bits per heavy atom. The molecular formula is C20H27N2O2+. The third-order valence-electron chi connectivity index (χ3n) is 4.55. The number of hydrogen-bond acceptors (Lipinski definition) is 2. The van der Waals surface area contributed by atoms with Gasteiger partial charge in [0.15, 0.2) is 6.21 Å². The number of hydrogen-bond donors (Lipinski definition) is 0. The van der Waals surface area contributed by atoms with Crippen molar-refractivity contribution in [3.8, 4) is 0 Å². The molecule has 2 aliphatic heterocycles. The van der Waals surface area contributed by atoms with Gasteiger partial charge in [-0.2, -0.15) is 0 Å². The summed E-state index contributed by atoms with van der Waals surface area (Å²) in [5.74, 6) is 0.335. The molecule has 128 valence electrons. The predicted octanol–water partition coefficient (Wildman–Crippen LogP) is 4.09. The van der Waals surface area contributed by atoms with Crippen molar-refractivity contribution in [2.24, 2.45) is 0 Å². The molecule has 0 aliphatic carbocycles. The molecule has 4 heteroatoms. The van der Waals surface area contributed by atoms with E-state index in [0.717, 1.165) is 19.5 Å². The fourth-order valence-electron chi connectivity index (χ4n) is 3.38. The Labute approximate surface area is 144 Å². The Balaban J connectivity index is 1.74. The van der Waals surface area contributed by atoms with Crippen LogP contribution in [0.15, 0.2) is 35.9 Å². The molecule has 2 heterocycles. The van der Waals surface area contributed by atoms with Gasteiger partial charge in [0.05, 0.1) is 5.92 Å². The van der Waals surface area contributed by atoms with Crippen LogP contribution in [0.1, 0.15) is 45.6 Å². The maximum atomic E-state index is 12.2. The van der Waals surface area contributed by atoms with Crippen LogP contribution in [0.4, 0.5) is 10.5 Å². The molecule has 1 amide bonds. The zero-order valence-corrected chi connectivity index (χ0v) is 15.1. The van der Waals surface area contributed by atoms with Crippen LogP contribution in [-0.2, 0) is 4.74 Å². The highest BCUT2D eigenvalue weighted by molar-refractivity contribution is 5.77. The fourth-order valence-corrected chi connectivity index (χ4v) is 3.38. The summed E-state index contributed by atoms with van der Waals surface area (Å²) in [6, 6.07) is 8.60. The van der Waals surface area contributed by atoms with Gasteiger partial charge >= 0.3 is 6.09 Å². The largest absolute Gasteiger partial charge is 0.444 e.